The lowest BCUT2D eigenvalue weighted by Gasteiger charge is -2.33. The Morgan fingerprint density at radius 2 is 2.04 bits per heavy atom. The van der Waals surface area contributed by atoms with Crippen molar-refractivity contribution in [1.82, 2.24) is 15.1 Å². The van der Waals surface area contributed by atoms with E-state index < -0.39 is 12.0 Å². The molecule has 0 saturated carbocycles. The van der Waals surface area contributed by atoms with Crippen LogP contribution in [0.15, 0.2) is 30.3 Å². The minimum absolute atomic E-state index is 0.00670. The average molecular weight is 349 g/mol. The molecule has 1 aromatic rings. The fraction of sp³-hybridized carbons (Fsp3) is 0.471. The summed E-state index contributed by atoms with van der Waals surface area (Å²) in [6.07, 6.45) is 0.0503. The Labute approximate surface area is 146 Å². The van der Waals surface area contributed by atoms with Crippen LogP contribution in [0.4, 0.5) is 4.79 Å². The van der Waals surface area contributed by atoms with Crippen molar-refractivity contribution in [2.24, 2.45) is 0 Å². The molecule has 1 atom stereocenters. The van der Waals surface area contributed by atoms with Gasteiger partial charge in [-0.15, -0.1) is 0 Å². The molecule has 0 spiro atoms. The van der Waals surface area contributed by atoms with E-state index in [1.807, 2.05) is 30.3 Å². The van der Waals surface area contributed by atoms with Crippen molar-refractivity contribution in [3.8, 4) is 0 Å². The molecule has 1 aliphatic heterocycles. The van der Waals surface area contributed by atoms with Gasteiger partial charge in [0.15, 0.2) is 6.04 Å². The van der Waals surface area contributed by atoms with E-state index in [-0.39, 0.29) is 38.1 Å². The molecular weight excluding hydrogens is 326 g/mol. The van der Waals surface area contributed by atoms with E-state index in [2.05, 4.69) is 5.32 Å². The first-order chi connectivity index (χ1) is 12.0. The van der Waals surface area contributed by atoms with Crippen molar-refractivity contribution >= 4 is 17.9 Å². The maximum atomic E-state index is 12.2. The van der Waals surface area contributed by atoms with Crippen LogP contribution in [-0.4, -0.2) is 72.2 Å². The number of carboxylic acids is 1. The van der Waals surface area contributed by atoms with E-state index in [4.69, 9.17) is 9.84 Å². The lowest BCUT2D eigenvalue weighted by atomic mass is 10.2. The SMILES string of the molecule is CN(Cc1ccccc1)C(=O)NCCC(=O)N1CCOCC1C(=O)O. The number of rotatable bonds is 6. The number of benzene rings is 1. The number of nitrogens with zero attached hydrogens (tertiary/aromatic N) is 2. The molecule has 1 heterocycles. The van der Waals surface area contributed by atoms with Crippen molar-refractivity contribution < 1.29 is 24.2 Å². The molecule has 1 aliphatic rings. The Kier molecular flexibility index (Phi) is 6.76. The molecule has 1 saturated heterocycles. The van der Waals surface area contributed by atoms with Crippen LogP contribution in [0.3, 0.4) is 0 Å². The number of carboxylic acid groups (broad SMARTS) is 1. The Balaban J connectivity index is 1.76. The van der Waals surface area contributed by atoms with Gasteiger partial charge in [0.25, 0.3) is 0 Å². The number of hydrogen-bond donors (Lipinski definition) is 2. The molecule has 136 valence electrons. The number of morpholine rings is 1. The van der Waals surface area contributed by atoms with Crippen LogP contribution in [-0.2, 0) is 20.9 Å². The summed E-state index contributed by atoms with van der Waals surface area (Å²) in [7, 11) is 1.67. The number of nitrogens with one attached hydrogen (secondary N) is 1. The molecule has 0 aromatic heterocycles. The first-order valence-electron chi connectivity index (χ1n) is 8.12. The van der Waals surface area contributed by atoms with Crippen LogP contribution in [0.1, 0.15) is 12.0 Å². The van der Waals surface area contributed by atoms with Crippen molar-refractivity contribution in [1.29, 1.82) is 0 Å². The van der Waals surface area contributed by atoms with Crippen LogP contribution in [0.2, 0.25) is 0 Å². The van der Waals surface area contributed by atoms with E-state index in [0.29, 0.717) is 13.2 Å². The molecular formula is C17H23N3O5. The van der Waals surface area contributed by atoms with E-state index in [9.17, 15) is 14.4 Å². The van der Waals surface area contributed by atoms with Crippen molar-refractivity contribution in [3.63, 3.8) is 0 Å². The Bertz CT molecular complexity index is 608. The first kappa shape index (κ1) is 18.7. The average Bonchev–Trinajstić information content (AvgIpc) is 2.62. The first-order valence-corrected chi connectivity index (χ1v) is 8.12. The Hall–Kier alpha value is -2.61. The number of ether oxygens (including phenoxy) is 1. The van der Waals surface area contributed by atoms with Crippen molar-refractivity contribution in [2.45, 2.75) is 19.0 Å². The lowest BCUT2D eigenvalue weighted by molar-refractivity contribution is -0.158. The van der Waals surface area contributed by atoms with Gasteiger partial charge in [-0.3, -0.25) is 4.79 Å². The summed E-state index contributed by atoms with van der Waals surface area (Å²) in [6, 6.07) is 8.33. The van der Waals surface area contributed by atoms with E-state index in [1.54, 1.807) is 7.05 Å². The largest absolute Gasteiger partial charge is 0.480 e. The lowest BCUT2D eigenvalue weighted by Crippen LogP contribution is -2.53. The molecule has 0 bridgehead atoms. The van der Waals surface area contributed by atoms with E-state index in [0.717, 1.165) is 5.56 Å². The van der Waals surface area contributed by atoms with Gasteiger partial charge in [0.05, 0.1) is 13.2 Å². The highest BCUT2D eigenvalue weighted by atomic mass is 16.5. The fourth-order valence-electron chi connectivity index (χ4n) is 2.59. The number of aliphatic carboxylic acids is 1. The summed E-state index contributed by atoms with van der Waals surface area (Å²) in [6.45, 7) is 1.18. The van der Waals surface area contributed by atoms with Crippen LogP contribution in [0.5, 0.6) is 0 Å². The molecule has 3 amide bonds. The quantitative estimate of drug-likeness (QED) is 0.780. The molecule has 1 unspecified atom stereocenters. The van der Waals surface area contributed by atoms with Gasteiger partial charge >= 0.3 is 12.0 Å². The predicted molar refractivity (Wildman–Crippen MR) is 89.9 cm³/mol. The zero-order valence-corrected chi connectivity index (χ0v) is 14.2. The van der Waals surface area contributed by atoms with Crippen molar-refractivity contribution in [2.75, 3.05) is 33.4 Å². The maximum absolute atomic E-state index is 12.2. The van der Waals surface area contributed by atoms with Gasteiger partial charge in [-0.25, -0.2) is 9.59 Å². The van der Waals surface area contributed by atoms with Crippen molar-refractivity contribution in [3.05, 3.63) is 35.9 Å². The highest BCUT2D eigenvalue weighted by Crippen LogP contribution is 2.09. The fourth-order valence-corrected chi connectivity index (χ4v) is 2.59. The summed E-state index contributed by atoms with van der Waals surface area (Å²) in [5, 5.41) is 11.8. The minimum atomic E-state index is -1.08. The van der Waals surface area contributed by atoms with Gasteiger partial charge in [0.1, 0.15) is 0 Å². The number of hydrogen-bond acceptors (Lipinski definition) is 4. The van der Waals surface area contributed by atoms with Crippen LogP contribution in [0, 0.1) is 0 Å². The van der Waals surface area contributed by atoms with Crippen LogP contribution >= 0.6 is 0 Å². The molecule has 8 nitrogen and oxygen atoms in total. The number of carbonyl (C=O) groups excluding carboxylic acids is 2. The summed E-state index contributed by atoms with van der Waals surface area (Å²) in [4.78, 5) is 38.2. The molecule has 2 rings (SSSR count). The molecule has 8 heteroatoms. The third-order valence-corrected chi connectivity index (χ3v) is 3.96. The topological polar surface area (TPSA) is 99.2 Å². The van der Waals surface area contributed by atoms with Gasteiger partial charge in [0.2, 0.25) is 5.91 Å². The molecule has 0 aliphatic carbocycles. The van der Waals surface area contributed by atoms with Gasteiger partial charge in [0, 0.05) is 33.1 Å². The maximum Gasteiger partial charge on any atom is 0.328 e. The zero-order valence-electron chi connectivity index (χ0n) is 14.2. The highest BCUT2D eigenvalue weighted by molar-refractivity contribution is 5.84. The monoisotopic (exact) mass is 349 g/mol. The second kappa shape index (κ2) is 9.03. The minimum Gasteiger partial charge on any atom is -0.480 e. The molecule has 1 fully saturated rings. The van der Waals surface area contributed by atoms with Gasteiger partial charge in [-0.1, -0.05) is 30.3 Å². The third kappa shape index (κ3) is 5.46. The summed E-state index contributed by atoms with van der Waals surface area (Å²) in [5.74, 6) is -1.39. The molecule has 25 heavy (non-hydrogen) atoms. The van der Waals surface area contributed by atoms with Gasteiger partial charge < -0.3 is 25.0 Å². The van der Waals surface area contributed by atoms with E-state index >= 15 is 0 Å². The highest BCUT2D eigenvalue weighted by Gasteiger charge is 2.32. The van der Waals surface area contributed by atoms with Crippen LogP contribution < -0.4 is 5.32 Å². The van der Waals surface area contributed by atoms with E-state index in [1.165, 1.54) is 9.80 Å². The normalized spacial score (nSPS) is 17.0. The Morgan fingerprint density at radius 3 is 2.72 bits per heavy atom. The second-order valence-electron chi connectivity index (χ2n) is 5.84. The smallest absolute Gasteiger partial charge is 0.328 e. The standard InChI is InChI=1S/C17H23N3O5/c1-19(11-13-5-3-2-4-6-13)17(24)18-8-7-15(21)20-9-10-25-12-14(20)16(22)23/h2-6,14H,7-12H2,1H3,(H,18,24)(H,22,23). The zero-order chi connectivity index (χ0) is 18.2. The summed E-state index contributed by atoms with van der Waals surface area (Å²) < 4.78 is 5.10. The molecule has 0 radical (unpaired) electrons. The summed E-state index contributed by atoms with van der Waals surface area (Å²) >= 11 is 0. The third-order valence-electron chi connectivity index (χ3n) is 3.96. The van der Waals surface area contributed by atoms with Gasteiger partial charge in [-0.2, -0.15) is 0 Å². The second-order valence-corrected chi connectivity index (χ2v) is 5.84. The summed E-state index contributed by atoms with van der Waals surface area (Å²) in [5.41, 5.74) is 1.01. The van der Waals surface area contributed by atoms with Gasteiger partial charge in [-0.05, 0) is 5.56 Å². The Morgan fingerprint density at radius 1 is 1.32 bits per heavy atom. The molecule has 2 N–H and O–H groups in total. The number of carbonyl (C=O) groups is 3. The molecule has 1 aromatic carbocycles. The van der Waals surface area contributed by atoms with Crippen LogP contribution in [0.25, 0.3) is 0 Å². The number of amides is 3. The predicted octanol–water partition coefficient (Wildman–Crippen LogP) is 0.530. The number of urea groups is 1.